The lowest BCUT2D eigenvalue weighted by Gasteiger charge is -2.15. The molecule has 0 N–H and O–H groups in total. The smallest absolute Gasteiger partial charge is 0.175 e. The molecule has 0 radical (unpaired) electrons. The van der Waals surface area contributed by atoms with E-state index < -0.39 is 0 Å². The van der Waals surface area contributed by atoms with Crippen LogP contribution >= 0.6 is 11.6 Å². The van der Waals surface area contributed by atoms with Crippen molar-refractivity contribution in [3.8, 4) is 0 Å². The summed E-state index contributed by atoms with van der Waals surface area (Å²) in [5.74, 6) is 0. The van der Waals surface area contributed by atoms with Crippen LogP contribution in [-0.2, 0) is 4.84 Å². The molecule has 1 aromatic carbocycles. The van der Waals surface area contributed by atoms with Crippen LogP contribution in [0.2, 0.25) is 0 Å². The average Bonchev–Trinajstić information content (AvgIpc) is 2.14. The molecule has 0 atom stereocenters. The number of oxime groups is 1. The van der Waals surface area contributed by atoms with Gasteiger partial charge in [0.05, 0.1) is 0 Å². The predicted octanol–water partition coefficient (Wildman–Crippen LogP) is 3.40. The van der Waals surface area contributed by atoms with Gasteiger partial charge in [-0.25, -0.2) is 0 Å². The molecule has 0 amide bonds. The van der Waals surface area contributed by atoms with Gasteiger partial charge in [-0.3, -0.25) is 0 Å². The Morgan fingerprint density at radius 3 is 2.29 bits per heavy atom. The van der Waals surface area contributed by atoms with Gasteiger partial charge >= 0.3 is 0 Å². The second-order valence-electron chi connectivity index (χ2n) is 3.95. The van der Waals surface area contributed by atoms with E-state index >= 15 is 0 Å². The second kappa shape index (κ2) is 4.47. The van der Waals surface area contributed by atoms with Crippen molar-refractivity contribution < 1.29 is 4.84 Å². The zero-order chi connectivity index (χ0) is 10.6. The van der Waals surface area contributed by atoms with Crippen LogP contribution in [0.25, 0.3) is 0 Å². The number of hydrogen-bond acceptors (Lipinski definition) is 2. The van der Waals surface area contributed by atoms with Crippen molar-refractivity contribution >= 4 is 16.8 Å². The van der Waals surface area contributed by atoms with Crippen LogP contribution < -0.4 is 0 Å². The molecule has 0 saturated heterocycles. The first-order valence-electron chi connectivity index (χ1n) is 4.46. The third-order valence-electron chi connectivity index (χ3n) is 1.41. The number of rotatable bonds is 2. The van der Waals surface area contributed by atoms with Gasteiger partial charge in [-0.15, -0.1) is 0 Å². The van der Waals surface area contributed by atoms with Gasteiger partial charge in [-0.2, -0.15) is 0 Å². The van der Waals surface area contributed by atoms with E-state index in [1.165, 1.54) is 0 Å². The molecule has 0 fully saturated rings. The largest absolute Gasteiger partial charge is 0.389 e. The maximum Gasteiger partial charge on any atom is 0.175 e. The Balaban J connectivity index is 2.71. The highest BCUT2D eigenvalue weighted by atomic mass is 35.5. The Kier molecular flexibility index (Phi) is 3.53. The van der Waals surface area contributed by atoms with Gasteiger partial charge in [-0.05, 0) is 20.8 Å². The maximum absolute atomic E-state index is 5.94. The Labute approximate surface area is 89.5 Å². The van der Waals surface area contributed by atoms with E-state index in [9.17, 15) is 0 Å². The highest BCUT2D eigenvalue weighted by molar-refractivity contribution is 6.69. The van der Waals surface area contributed by atoms with Crippen molar-refractivity contribution in [2.24, 2.45) is 5.16 Å². The molecule has 0 spiro atoms. The summed E-state index contributed by atoms with van der Waals surface area (Å²) >= 11 is 5.94. The van der Waals surface area contributed by atoms with Gasteiger partial charge in [0.1, 0.15) is 5.60 Å². The van der Waals surface area contributed by atoms with Gasteiger partial charge in [0.2, 0.25) is 0 Å². The van der Waals surface area contributed by atoms with Crippen molar-refractivity contribution in [2.45, 2.75) is 26.4 Å². The van der Waals surface area contributed by atoms with Gasteiger partial charge < -0.3 is 4.84 Å². The summed E-state index contributed by atoms with van der Waals surface area (Å²) < 4.78 is 0. The summed E-state index contributed by atoms with van der Waals surface area (Å²) in [6.07, 6.45) is 0. The molecule has 0 aliphatic rings. The van der Waals surface area contributed by atoms with Crippen LogP contribution in [0, 0.1) is 0 Å². The molecule has 0 heterocycles. The minimum atomic E-state index is -0.311. The normalized spacial score (nSPS) is 12.7. The van der Waals surface area contributed by atoms with Crippen LogP contribution in [0.3, 0.4) is 0 Å². The molecule has 14 heavy (non-hydrogen) atoms. The molecule has 0 saturated carbocycles. The van der Waals surface area contributed by atoms with Gasteiger partial charge in [0.15, 0.2) is 5.17 Å². The van der Waals surface area contributed by atoms with Crippen molar-refractivity contribution in [1.29, 1.82) is 0 Å². The molecule has 76 valence electrons. The summed E-state index contributed by atoms with van der Waals surface area (Å²) in [5, 5.41) is 4.22. The molecule has 0 aliphatic carbocycles. The summed E-state index contributed by atoms with van der Waals surface area (Å²) in [7, 11) is 0. The second-order valence-corrected chi connectivity index (χ2v) is 4.31. The maximum atomic E-state index is 5.94. The van der Waals surface area contributed by atoms with E-state index in [1.54, 1.807) is 0 Å². The summed E-state index contributed by atoms with van der Waals surface area (Å²) in [4.78, 5) is 5.20. The lowest BCUT2D eigenvalue weighted by molar-refractivity contribution is 0.00157. The Morgan fingerprint density at radius 1 is 1.21 bits per heavy atom. The van der Waals surface area contributed by atoms with E-state index in [4.69, 9.17) is 16.4 Å². The highest BCUT2D eigenvalue weighted by Gasteiger charge is 2.10. The monoisotopic (exact) mass is 211 g/mol. The minimum absolute atomic E-state index is 0.311. The van der Waals surface area contributed by atoms with E-state index in [0.29, 0.717) is 5.17 Å². The first-order valence-corrected chi connectivity index (χ1v) is 4.84. The molecular weight excluding hydrogens is 198 g/mol. The average molecular weight is 212 g/mol. The number of nitrogens with zero attached hydrogens (tertiary/aromatic N) is 1. The van der Waals surface area contributed by atoms with Crippen molar-refractivity contribution in [1.82, 2.24) is 0 Å². The molecule has 0 aromatic heterocycles. The third-order valence-corrected chi connectivity index (χ3v) is 1.70. The van der Waals surface area contributed by atoms with Crippen molar-refractivity contribution in [2.75, 3.05) is 0 Å². The van der Waals surface area contributed by atoms with E-state index in [-0.39, 0.29) is 5.60 Å². The Morgan fingerprint density at radius 2 is 1.79 bits per heavy atom. The van der Waals surface area contributed by atoms with Crippen LogP contribution in [0.15, 0.2) is 35.5 Å². The fraction of sp³-hybridized carbons (Fsp3) is 0.364. The lowest BCUT2D eigenvalue weighted by atomic mass is 10.2. The SMILES string of the molecule is CC(C)(C)O/N=C(\Cl)c1ccccc1. The minimum Gasteiger partial charge on any atom is -0.389 e. The molecule has 0 unspecified atom stereocenters. The highest BCUT2D eigenvalue weighted by Crippen LogP contribution is 2.10. The Hall–Kier alpha value is -1.02. The third kappa shape index (κ3) is 3.79. The molecule has 1 aromatic rings. The summed E-state index contributed by atoms with van der Waals surface area (Å²) in [6.45, 7) is 5.77. The lowest BCUT2D eigenvalue weighted by Crippen LogP contribution is -2.16. The zero-order valence-corrected chi connectivity index (χ0v) is 9.38. The van der Waals surface area contributed by atoms with Crippen LogP contribution in [0.5, 0.6) is 0 Å². The topological polar surface area (TPSA) is 21.6 Å². The number of benzene rings is 1. The summed E-state index contributed by atoms with van der Waals surface area (Å²) in [6, 6.07) is 9.52. The van der Waals surface area contributed by atoms with E-state index in [1.807, 2.05) is 51.1 Å². The Bertz CT molecular complexity index is 314. The quantitative estimate of drug-likeness (QED) is 0.543. The standard InChI is InChI=1S/C11H14ClNO/c1-11(2,3)14-13-10(12)9-7-5-4-6-8-9/h4-8H,1-3H3/b13-10-. The zero-order valence-electron chi connectivity index (χ0n) is 8.62. The first kappa shape index (κ1) is 11.1. The number of hydrogen-bond donors (Lipinski definition) is 0. The van der Waals surface area contributed by atoms with Gasteiger partial charge in [0, 0.05) is 5.56 Å². The van der Waals surface area contributed by atoms with E-state index in [0.717, 1.165) is 5.56 Å². The molecular formula is C11H14ClNO. The van der Waals surface area contributed by atoms with Gasteiger partial charge in [-0.1, -0.05) is 47.1 Å². The fourth-order valence-corrected chi connectivity index (χ4v) is 0.966. The number of halogens is 1. The van der Waals surface area contributed by atoms with Crippen LogP contribution in [0.4, 0.5) is 0 Å². The molecule has 0 aliphatic heterocycles. The fourth-order valence-electron chi connectivity index (χ4n) is 0.805. The molecule has 1 rings (SSSR count). The predicted molar refractivity (Wildman–Crippen MR) is 59.7 cm³/mol. The van der Waals surface area contributed by atoms with Crippen LogP contribution in [0.1, 0.15) is 26.3 Å². The van der Waals surface area contributed by atoms with Crippen molar-refractivity contribution in [3.63, 3.8) is 0 Å². The first-order chi connectivity index (χ1) is 6.49. The molecule has 3 heteroatoms. The summed E-state index contributed by atoms with van der Waals surface area (Å²) in [5.41, 5.74) is 0.549. The van der Waals surface area contributed by atoms with E-state index in [2.05, 4.69) is 5.16 Å². The molecule has 2 nitrogen and oxygen atoms in total. The molecule has 0 bridgehead atoms. The van der Waals surface area contributed by atoms with Crippen molar-refractivity contribution in [3.05, 3.63) is 35.9 Å². The van der Waals surface area contributed by atoms with Crippen LogP contribution in [-0.4, -0.2) is 10.8 Å². The van der Waals surface area contributed by atoms with Gasteiger partial charge in [0.25, 0.3) is 0 Å².